The van der Waals surface area contributed by atoms with Crippen molar-refractivity contribution in [2.75, 3.05) is 31.6 Å². The lowest BCUT2D eigenvalue weighted by atomic mass is 9.97. The van der Waals surface area contributed by atoms with Crippen molar-refractivity contribution in [3.05, 3.63) is 6.20 Å². The van der Waals surface area contributed by atoms with Crippen LogP contribution in [0, 0.1) is 5.92 Å². The fourth-order valence-electron chi connectivity index (χ4n) is 2.40. The first-order chi connectivity index (χ1) is 9.36. The molecular weight excluding hydrogens is 262 g/mol. The molecule has 1 fully saturated rings. The minimum atomic E-state index is 0.752. The number of anilines is 1. The highest BCUT2D eigenvalue weighted by Crippen LogP contribution is 2.23. The quantitative estimate of drug-likeness (QED) is 0.860. The number of rotatable bonds is 4. The average Bonchev–Trinajstić information content (AvgIpc) is 3.11. The van der Waals surface area contributed by atoms with Crippen LogP contribution in [0.5, 0.6) is 0 Å². The van der Waals surface area contributed by atoms with Gasteiger partial charge in [0.25, 0.3) is 0 Å². The van der Waals surface area contributed by atoms with Crippen LogP contribution in [0.4, 0.5) is 5.95 Å². The first kappa shape index (κ1) is 12.5. The van der Waals surface area contributed by atoms with Crippen molar-refractivity contribution in [1.82, 2.24) is 30.1 Å². The van der Waals surface area contributed by atoms with E-state index in [1.165, 1.54) is 24.4 Å². The van der Waals surface area contributed by atoms with Crippen molar-refractivity contribution in [2.24, 2.45) is 5.92 Å². The monoisotopic (exact) mass is 279 g/mol. The van der Waals surface area contributed by atoms with E-state index in [1.54, 1.807) is 6.20 Å². The molecule has 0 aliphatic carbocycles. The molecular formula is C11H17N7S. The van der Waals surface area contributed by atoms with Gasteiger partial charge in [0.2, 0.25) is 5.95 Å². The summed E-state index contributed by atoms with van der Waals surface area (Å²) >= 11 is 1.32. The highest BCUT2D eigenvalue weighted by atomic mass is 32.1. The van der Waals surface area contributed by atoms with Crippen molar-refractivity contribution in [3.8, 4) is 10.7 Å². The Kier molecular flexibility index (Phi) is 3.69. The number of nitrogens with zero attached hydrogens (tertiary/aromatic N) is 5. The molecule has 2 aromatic heterocycles. The topological polar surface area (TPSA) is 82.6 Å². The molecule has 1 saturated heterocycles. The van der Waals surface area contributed by atoms with E-state index in [1.807, 2.05) is 7.05 Å². The maximum absolute atomic E-state index is 4.52. The Labute approximate surface area is 115 Å². The second-order valence-corrected chi connectivity index (χ2v) is 5.54. The number of hydrogen-bond acceptors (Lipinski definition) is 7. The summed E-state index contributed by atoms with van der Waals surface area (Å²) in [6.45, 7) is 3.13. The van der Waals surface area contributed by atoms with E-state index >= 15 is 0 Å². The molecule has 3 rings (SSSR count). The van der Waals surface area contributed by atoms with Crippen LogP contribution in [-0.4, -0.2) is 51.5 Å². The zero-order chi connectivity index (χ0) is 13.1. The van der Waals surface area contributed by atoms with Gasteiger partial charge in [-0.15, -0.1) is 10.2 Å². The SMILES string of the molecule is CNCC1CCN(c2n[nH]c(-c3cnns3)n2)CC1. The summed E-state index contributed by atoms with van der Waals surface area (Å²) in [6.07, 6.45) is 4.08. The van der Waals surface area contributed by atoms with E-state index in [0.717, 1.165) is 42.2 Å². The van der Waals surface area contributed by atoms with Crippen LogP contribution >= 0.6 is 11.5 Å². The van der Waals surface area contributed by atoms with Gasteiger partial charge >= 0.3 is 0 Å². The second-order valence-electron chi connectivity index (χ2n) is 4.75. The maximum Gasteiger partial charge on any atom is 0.245 e. The van der Waals surface area contributed by atoms with E-state index in [0.29, 0.717) is 0 Å². The summed E-state index contributed by atoms with van der Waals surface area (Å²) in [5.74, 6) is 2.30. The Morgan fingerprint density at radius 1 is 1.47 bits per heavy atom. The Morgan fingerprint density at radius 2 is 2.32 bits per heavy atom. The molecule has 0 spiro atoms. The number of hydrogen-bond donors (Lipinski definition) is 2. The molecule has 1 aliphatic rings. The number of piperidine rings is 1. The summed E-state index contributed by atoms with van der Waals surface area (Å²) in [4.78, 5) is 7.68. The van der Waals surface area contributed by atoms with Gasteiger partial charge in [0.15, 0.2) is 5.82 Å². The van der Waals surface area contributed by atoms with Gasteiger partial charge in [0, 0.05) is 13.1 Å². The van der Waals surface area contributed by atoms with Crippen LogP contribution in [0.1, 0.15) is 12.8 Å². The standard InChI is InChI=1S/C11H17N7S/c1-12-6-8-2-4-18(5-3-8)11-14-10(15-16-11)9-7-13-17-19-9/h7-8,12H,2-6H2,1H3,(H,14,15,16). The predicted molar refractivity (Wildman–Crippen MR) is 74.1 cm³/mol. The van der Waals surface area contributed by atoms with E-state index in [9.17, 15) is 0 Å². The van der Waals surface area contributed by atoms with Crippen LogP contribution in [0.15, 0.2) is 6.20 Å². The third-order valence-corrected chi connectivity index (χ3v) is 4.13. The first-order valence-electron chi connectivity index (χ1n) is 6.46. The highest BCUT2D eigenvalue weighted by molar-refractivity contribution is 7.09. The molecule has 8 heteroatoms. The van der Waals surface area contributed by atoms with Crippen LogP contribution in [-0.2, 0) is 0 Å². The zero-order valence-electron chi connectivity index (χ0n) is 10.8. The third kappa shape index (κ3) is 2.74. The fourth-order valence-corrected chi connectivity index (χ4v) is 2.86. The summed E-state index contributed by atoms with van der Waals surface area (Å²) in [6, 6.07) is 0. The molecule has 2 N–H and O–H groups in total. The van der Waals surface area contributed by atoms with Gasteiger partial charge in [-0.3, -0.25) is 5.10 Å². The molecule has 0 atom stereocenters. The number of nitrogens with one attached hydrogen (secondary N) is 2. The van der Waals surface area contributed by atoms with Crippen molar-refractivity contribution in [1.29, 1.82) is 0 Å². The van der Waals surface area contributed by atoms with E-state index in [-0.39, 0.29) is 0 Å². The van der Waals surface area contributed by atoms with Crippen molar-refractivity contribution < 1.29 is 0 Å². The highest BCUT2D eigenvalue weighted by Gasteiger charge is 2.21. The molecule has 2 aromatic rings. The average molecular weight is 279 g/mol. The van der Waals surface area contributed by atoms with Crippen LogP contribution in [0.25, 0.3) is 10.7 Å². The summed E-state index contributed by atoms with van der Waals surface area (Å²) < 4.78 is 3.83. The van der Waals surface area contributed by atoms with Gasteiger partial charge in [0.05, 0.1) is 6.20 Å². The Bertz CT molecular complexity index is 501. The Hall–Kier alpha value is -1.54. The second kappa shape index (κ2) is 5.62. The minimum absolute atomic E-state index is 0.752. The molecule has 0 radical (unpaired) electrons. The fraction of sp³-hybridized carbons (Fsp3) is 0.636. The van der Waals surface area contributed by atoms with Gasteiger partial charge in [-0.2, -0.15) is 4.98 Å². The Balaban J connectivity index is 1.64. The molecule has 0 aromatic carbocycles. The third-order valence-electron chi connectivity index (χ3n) is 3.46. The lowest BCUT2D eigenvalue weighted by molar-refractivity contribution is 0.391. The molecule has 7 nitrogen and oxygen atoms in total. The summed E-state index contributed by atoms with van der Waals surface area (Å²) in [7, 11) is 2.01. The molecule has 102 valence electrons. The predicted octanol–water partition coefficient (Wildman–Crippen LogP) is 0.759. The summed E-state index contributed by atoms with van der Waals surface area (Å²) in [5.41, 5.74) is 0. The van der Waals surface area contributed by atoms with E-state index < -0.39 is 0 Å². The van der Waals surface area contributed by atoms with Crippen LogP contribution in [0.2, 0.25) is 0 Å². The molecule has 0 bridgehead atoms. The smallest absolute Gasteiger partial charge is 0.245 e. The lowest BCUT2D eigenvalue weighted by Crippen LogP contribution is -2.37. The van der Waals surface area contributed by atoms with Gasteiger partial charge in [0.1, 0.15) is 4.88 Å². The summed E-state index contributed by atoms with van der Waals surface area (Å²) in [5, 5.41) is 14.3. The number of aromatic amines is 1. The van der Waals surface area contributed by atoms with Crippen LogP contribution in [0.3, 0.4) is 0 Å². The molecule has 0 unspecified atom stereocenters. The maximum atomic E-state index is 4.52. The molecule has 1 aliphatic heterocycles. The van der Waals surface area contributed by atoms with Gasteiger partial charge in [-0.05, 0) is 43.9 Å². The zero-order valence-corrected chi connectivity index (χ0v) is 11.7. The van der Waals surface area contributed by atoms with Gasteiger partial charge < -0.3 is 10.2 Å². The van der Waals surface area contributed by atoms with Gasteiger partial charge in [-0.1, -0.05) is 4.49 Å². The molecule has 0 saturated carbocycles. The molecule has 3 heterocycles. The van der Waals surface area contributed by atoms with E-state index in [4.69, 9.17) is 0 Å². The van der Waals surface area contributed by atoms with Crippen LogP contribution < -0.4 is 10.2 Å². The van der Waals surface area contributed by atoms with Gasteiger partial charge in [-0.25, -0.2) is 0 Å². The number of aromatic nitrogens is 5. The number of H-pyrrole nitrogens is 1. The molecule has 0 amide bonds. The Morgan fingerprint density at radius 3 is 3.00 bits per heavy atom. The van der Waals surface area contributed by atoms with Crippen molar-refractivity contribution >= 4 is 17.5 Å². The molecule has 19 heavy (non-hydrogen) atoms. The van der Waals surface area contributed by atoms with Crippen molar-refractivity contribution in [3.63, 3.8) is 0 Å². The first-order valence-corrected chi connectivity index (χ1v) is 7.24. The normalized spacial score (nSPS) is 17.0. The van der Waals surface area contributed by atoms with E-state index in [2.05, 4.69) is 35.0 Å². The van der Waals surface area contributed by atoms with Crippen molar-refractivity contribution in [2.45, 2.75) is 12.8 Å². The minimum Gasteiger partial charge on any atom is -0.340 e. The lowest BCUT2D eigenvalue weighted by Gasteiger charge is -2.30. The largest absolute Gasteiger partial charge is 0.340 e.